The normalized spacial score (nSPS) is 19.0. The molecule has 6 heteroatoms. The van der Waals surface area contributed by atoms with E-state index in [4.69, 9.17) is 0 Å². The topological polar surface area (TPSA) is 66.5 Å². The second-order valence-electron chi connectivity index (χ2n) is 6.25. The van der Waals surface area contributed by atoms with Gasteiger partial charge in [0.1, 0.15) is 0 Å². The first kappa shape index (κ1) is 15.3. The van der Waals surface area contributed by atoms with Crippen LogP contribution in [0.4, 0.5) is 11.4 Å². The number of amides is 1. The lowest BCUT2D eigenvalue weighted by Crippen LogP contribution is -2.34. The molecule has 1 aromatic rings. The van der Waals surface area contributed by atoms with Gasteiger partial charge in [0.25, 0.3) is 0 Å². The smallest absolute Gasteiger partial charge is 0.232 e. The average molecular weight is 322 g/mol. The summed E-state index contributed by atoms with van der Waals surface area (Å²) in [5.41, 5.74) is 2.42. The van der Waals surface area contributed by atoms with E-state index in [0.29, 0.717) is 17.9 Å². The number of benzene rings is 1. The van der Waals surface area contributed by atoms with Crippen LogP contribution in [-0.4, -0.2) is 27.1 Å². The highest BCUT2D eigenvalue weighted by atomic mass is 32.2. The molecule has 1 aliphatic carbocycles. The zero-order chi connectivity index (χ0) is 15.7. The summed E-state index contributed by atoms with van der Waals surface area (Å²) in [5.74, 6) is 0.154. The molecule has 0 spiro atoms. The number of sulfonamides is 1. The number of anilines is 2. The van der Waals surface area contributed by atoms with Crippen LogP contribution in [0.3, 0.4) is 0 Å². The van der Waals surface area contributed by atoms with Gasteiger partial charge in [0.2, 0.25) is 15.9 Å². The Hall–Kier alpha value is -1.56. The van der Waals surface area contributed by atoms with Gasteiger partial charge in [-0.3, -0.25) is 9.10 Å². The molecule has 1 amide bonds. The van der Waals surface area contributed by atoms with E-state index in [1.807, 2.05) is 12.1 Å². The number of fused-ring (bicyclic) bond motifs is 1. The van der Waals surface area contributed by atoms with Crippen molar-refractivity contribution in [1.29, 1.82) is 0 Å². The SMILES string of the molecule is CS(=O)(=O)N1CCCc2ccc(NC(=O)C3CCCC3)cc21. The van der Waals surface area contributed by atoms with Gasteiger partial charge in [-0.1, -0.05) is 18.9 Å². The number of nitrogens with zero attached hydrogens (tertiary/aromatic N) is 1. The van der Waals surface area contributed by atoms with Crippen molar-refractivity contribution >= 4 is 27.3 Å². The number of hydrogen-bond acceptors (Lipinski definition) is 3. The van der Waals surface area contributed by atoms with E-state index in [-0.39, 0.29) is 11.8 Å². The Bertz CT molecular complexity index is 679. The fourth-order valence-electron chi connectivity index (χ4n) is 3.40. The molecule has 0 aromatic heterocycles. The van der Waals surface area contributed by atoms with Crippen LogP contribution in [0, 0.1) is 5.92 Å². The van der Waals surface area contributed by atoms with Crippen molar-refractivity contribution < 1.29 is 13.2 Å². The van der Waals surface area contributed by atoms with E-state index in [0.717, 1.165) is 44.1 Å². The molecule has 1 fully saturated rings. The van der Waals surface area contributed by atoms with Crippen LogP contribution in [-0.2, 0) is 21.2 Å². The van der Waals surface area contributed by atoms with Crippen molar-refractivity contribution in [2.24, 2.45) is 5.92 Å². The molecule has 120 valence electrons. The zero-order valence-electron chi connectivity index (χ0n) is 12.8. The summed E-state index contributed by atoms with van der Waals surface area (Å²) >= 11 is 0. The molecule has 0 unspecified atom stereocenters. The van der Waals surface area contributed by atoms with Gasteiger partial charge in [-0.15, -0.1) is 0 Å². The molecule has 22 heavy (non-hydrogen) atoms. The van der Waals surface area contributed by atoms with Crippen LogP contribution in [0.1, 0.15) is 37.7 Å². The molecule has 2 aliphatic rings. The third-order valence-corrected chi connectivity index (χ3v) is 5.74. The summed E-state index contributed by atoms with van der Waals surface area (Å²) in [7, 11) is -3.28. The Kier molecular flexibility index (Phi) is 4.12. The first-order valence-corrected chi connectivity index (χ1v) is 9.71. The fourth-order valence-corrected chi connectivity index (χ4v) is 4.38. The molecule has 1 N–H and O–H groups in total. The van der Waals surface area contributed by atoms with Gasteiger partial charge in [-0.2, -0.15) is 0 Å². The molecular weight excluding hydrogens is 300 g/mol. The third-order valence-electron chi connectivity index (χ3n) is 4.56. The summed E-state index contributed by atoms with van der Waals surface area (Å²) in [6.07, 6.45) is 7.06. The maximum atomic E-state index is 12.2. The Morgan fingerprint density at radius 3 is 2.64 bits per heavy atom. The molecule has 0 radical (unpaired) electrons. The van der Waals surface area contributed by atoms with Gasteiger partial charge >= 0.3 is 0 Å². The summed E-state index contributed by atoms with van der Waals surface area (Å²) < 4.78 is 25.3. The number of nitrogens with one attached hydrogen (secondary N) is 1. The molecule has 0 saturated heterocycles. The van der Waals surface area contributed by atoms with Gasteiger partial charge in [0.05, 0.1) is 11.9 Å². The second-order valence-corrected chi connectivity index (χ2v) is 8.16. The van der Waals surface area contributed by atoms with Crippen LogP contribution in [0.25, 0.3) is 0 Å². The van der Waals surface area contributed by atoms with E-state index < -0.39 is 10.0 Å². The van der Waals surface area contributed by atoms with E-state index in [1.165, 1.54) is 10.6 Å². The molecule has 1 saturated carbocycles. The molecule has 0 bridgehead atoms. The number of rotatable bonds is 3. The van der Waals surface area contributed by atoms with Crippen molar-refractivity contribution in [1.82, 2.24) is 0 Å². The molecule has 1 aliphatic heterocycles. The first-order chi connectivity index (χ1) is 10.4. The average Bonchev–Trinajstić information content (AvgIpc) is 2.99. The van der Waals surface area contributed by atoms with E-state index >= 15 is 0 Å². The van der Waals surface area contributed by atoms with Crippen molar-refractivity contribution in [3.8, 4) is 0 Å². The lowest BCUT2D eigenvalue weighted by molar-refractivity contribution is -0.119. The number of hydrogen-bond donors (Lipinski definition) is 1. The van der Waals surface area contributed by atoms with Crippen molar-refractivity contribution in [2.75, 3.05) is 22.4 Å². The number of aryl methyl sites for hydroxylation is 1. The minimum atomic E-state index is -3.28. The summed E-state index contributed by atoms with van der Waals surface area (Å²) in [5, 5.41) is 2.95. The van der Waals surface area contributed by atoms with Crippen LogP contribution in [0.15, 0.2) is 18.2 Å². The Balaban J connectivity index is 1.84. The van der Waals surface area contributed by atoms with Crippen LogP contribution >= 0.6 is 0 Å². The van der Waals surface area contributed by atoms with Crippen molar-refractivity contribution in [3.05, 3.63) is 23.8 Å². The Morgan fingerprint density at radius 2 is 1.95 bits per heavy atom. The van der Waals surface area contributed by atoms with Gasteiger partial charge < -0.3 is 5.32 Å². The highest BCUT2D eigenvalue weighted by molar-refractivity contribution is 7.92. The highest BCUT2D eigenvalue weighted by Gasteiger charge is 2.26. The fraction of sp³-hybridized carbons (Fsp3) is 0.562. The molecule has 1 heterocycles. The lowest BCUT2D eigenvalue weighted by atomic mass is 10.0. The third kappa shape index (κ3) is 3.11. The Labute approximate surface area is 131 Å². The molecule has 5 nitrogen and oxygen atoms in total. The van der Waals surface area contributed by atoms with E-state index in [9.17, 15) is 13.2 Å². The predicted molar refractivity (Wildman–Crippen MR) is 87.5 cm³/mol. The minimum Gasteiger partial charge on any atom is -0.326 e. The summed E-state index contributed by atoms with van der Waals surface area (Å²) in [6.45, 7) is 0.506. The lowest BCUT2D eigenvalue weighted by Gasteiger charge is -2.29. The standard InChI is InChI=1S/C16H22N2O3S/c1-22(20,21)18-10-4-7-12-8-9-14(11-15(12)18)17-16(19)13-5-2-3-6-13/h8-9,11,13H,2-7,10H2,1H3,(H,17,19). The summed E-state index contributed by atoms with van der Waals surface area (Å²) in [6, 6.07) is 5.59. The largest absolute Gasteiger partial charge is 0.326 e. The van der Waals surface area contributed by atoms with Crippen LogP contribution < -0.4 is 9.62 Å². The monoisotopic (exact) mass is 322 g/mol. The minimum absolute atomic E-state index is 0.0548. The predicted octanol–water partition coefficient (Wildman–Crippen LogP) is 2.53. The number of carbonyl (C=O) groups excluding carboxylic acids is 1. The van der Waals surface area contributed by atoms with E-state index in [2.05, 4.69) is 5.32 Å². The molecule has 3 rings (SSSR count). The quantitative estimate of drug-likeness (QED) is 0.930. The van der Waals surface area contributed by atoms with Gasteiger partial charge in [-0.05, 0) is 43.4 Å². The molecule has 1 aromatic carbocycles. The second kappa shape index (κ2) is 5.91. The number of carbonyl (C=O) groups is 1. The highest BCUT2D eigenvalue weighted by Crippen LogP contribution is 2.32. The van der Waals surface area contributed by atoms with Crippen LogP contribution in [0.5, 0.6) is 0 Å². The maximum absolute atomic E-state index is 12.2. The van der Waals surface area contributed by atoms with Gasteiger partial charge in [-0.25, -0.2) is 8.42 Å². The molecular formula is C16H22N2O3S. The molecule has 0 atom stereocenters. The van der Waals surface area contributed by atoms with Gasteiger partial charge in [0.15, 0.2) is 0 Å². The van der Waals surface area contributed by atoms with Crippen LogP contribution in [0.2, 0.25) is 0 Å². The van der Waals surface area contributed by atoms with Crippen molar-refractivity contribution in [2.45, 2.75) is 38.5 Å². The van der Waals surface area contributed by atoms with E-state index in [1.54, 1.807) is 6.07 Å². The zero-order valence-corrected chi connectivity index (χ0v) is 13.7. The first-order valence-electron chi connectivity index (χ1n) is 7.86. The van der Waals surface area contributed by atoms with Crippen molar-refractivity contribution in [3.63, 3.8) is 0 Å². The van der Waals surface area contributed by atoms with Gasteiger partial charge in [0, 0.05) is 18.2 Å². The summed E-state index contributed by atoms with van der Waals surface area (Å²) in [4.78, 5) is 12.2. The Morgan fingerprint density at radius 1 is 1.23 bits per heavy atom. The maximum Gasteiger partial charge on any atom is 0.232 e.